The van der Waals surface area contributed by atoms with E-state index in [1.807, 2.05) is 37.3 Å². The van der Waals surface area contributed by atoms with E-state index >= 15 is 0 Å². The normalized spacial score (nSPS) is 22.2. The van der Waals surface area contributed by atoms with Gasteiger partial charge < -0.3 is 15.2 Å². The third-order valence-electron chi connectivity index (χ3n) is 3.93. The minimum Gasteiger partial charge on any atom is -0.481 e. The lowest BCUT2D eigenvalue weighted by molar-refractivity contribution is -0.137. The lowest BCUT2D eigenvalue weighted by Gasteiger charge is -2.18. The summed E-state index contributed by atoms with van der Waals surface area (Å²) in [7, 11) is 0. The molecule has 0 saturated carbocycles. The van der Waals surface area contributed by atoms with Crippen LogP contribution in [0.4, 0.5) is 0 Å². The number of aliphatic carboxylic acids is 1. The number of benzene rings is 1. The van der Waals surface area contributed by atoms with E-state index in [0.29, 0.717) is 12.8 Å². The fraction of sp³-hybridized carbons (Fsp3) is 0.529. The van der Waals surface area contributed by atoms with Gasteiger partial charge in [-0.1, -0.05) is 30.3 Å². The van der Waals surface area contributed by atoms with Crippen LogP contribution in [0.3, 0.4) is 0 Å². The first-order valence-corrected chi connectivity index (χ1v) is 7.76. The number of ether oxygens (including phenoxy) is 1. The molecule has 1 saturated heterocycles. The summed E-state index contributed by atoms with van der Waals surface area (Å²) in [4.78, 5) is 23.1. The lowest BCUT2D eigenvalue weighted by Crippen LogP contribution is -2.30. The Hall–Kier alpha value is -1.88. The van der Waals surface area contributed by atoms with E-state index in [0.717, 1.165) is 18.4 Å². The molecule has 1 amide bonds. The molecule has 5 nitrogen and oxygen atoms in total. The number of rotatable bonds is 7. The van der Waals surface area contributed by atoms with Gasteiger partial charge in [0.05, 0.1) is 24.7 Å². The minimum absolute atomic E-state index is 0.118. The summed E-state index contributed by atoms with van der Waals surface area (Å²) >= 11 is 0. The molecule has 5 heteroatoms. The summed E-state index contributed by atoms with van der Waals surface area (Å²) in [6, 6.07) is 8.70. The standard InChI is InChI=1S/C17H23NO4/c1-12-7-8-14(22-12)9-10-16(19)18-15(11-17(20)21)13-5-3-2-4-6-13/h2-6,12,14-15H,7-11H2,1H3,(H,18,19)(H,20,21)/t12-,14-,15+/m1/s1. The molecular weight excluding hydrogens is 282 g/mol. The SMILES string of the molecule is C[C@@H]1CC[C@H](CCC(=O)N[C@@H](CC(=O)O)c2ccccc2)O1. The summed E-state index contributed by atoms with van der Waals surface area (Å²) in [5.74, 6) is -1.06. The summed E-state index contributed by atoms with van der Waals surface area (Å²) in [6.07, 6.45) is 3.38. The van der Waals surface area contributed by atoms with E-state index in [1.165, 1.54) is 0 Å². The molecule has 1 aromatic carbocycles. The van der Waals surface area contributed by atoms with Gasteiger partial charge in [-0.25, -0.2) is 0 Å². The average Bonchev–Trinajstić information content (AvgIpc) is 2.91. The molecule has 1 fully saturated rings. The number of nitrogens with one attached hydrogen (secondary N) is 1. The average molecular weight is 305 g/mol. The van der Waals surface area contributed by atoms with E-state index < -0.39 is 12.0 Å². The fourth-order valence-corrected chi connectivity index (χ4v) is 2.77. The Morgan fingerprint density at radius 2 is 2.05 bits per heavy atom. The van der Waals surface area contributed by atoms with Crippen molar-refractivity contribution in [3.05, 3.63) is 35.9 Å². The second-order valence-corrected chi connectivity index (χ2v) is 5.81. The maximum atomic E-state index is 12.1. The van der Waals surface area contributed by atoms with E-state index in [9.17, 15) is 9.59 Å². The Morgan fingerprint density at radius 3 is 2.64 bits per heavy atom. The Kier molecular flexibility index (Phi) is 5.95. The van der Waals surface area contributed by atoms with Crippen LogP contribution >= 0.6 is 0 Å². The van der Waals surface area contributed by atoms with Gasteiger partial charge in [0.15, 0.2) is 0 Å². The van der Waals surface area contributed by atoms with E-state index in [-0.39, 0.29) is 24.5 Å². The van der Waals surface area contributed by atoms with Crippen molar-refractivity contribution in [1.29, 1.82) is 0 Å². The predicted octanol–water partition coefficient (Wildman–Crippen LogP) is 2.67. The van der Waals surface area contributed by atoms with Crippen LogP contribution in [-0.4, -0.2) is 29.2 Å². The molecule has 1 heterocycles. The molecule has 0 aliphatic carbocycles. The summed E-state index contributed by atoms with van der Waals surface area (Å²) in [6.45, 7) is 2.04. The highest BCUT2D eigenvalue weighted by Gasteiger charge is 2.23. The van der Waals surface area contributed by atoms with Gasteiger partial charge in [0.1, 0.15) is 0 Å². The van der Waals surface area contributed by atoms with Crippen LogP contribution in [0.15, 0.2) is 30.3 Å². The second-order valence-electron chi connectivity index (χ2n) is 5.81. The van der Waals surface area contributed by atoms with Crippen LogP contribution in [0.5, 0.6) is 0 Å². The molecule has 0 aromatic heterocycles. The Labute approximate surface area is 130 Å². The second kappa shape index (κ2) is 7.94. The first-order valence-electron chi connectivity index (χ1n) is 7.76. The molecular formula is C17H23NO4. The number of carboxylic acid groups (broad SMARTS) is 1. The molecule has 0 bridgehead atoms. The summed E-state index contributed by atoms with van der Waals surface area (Å²) < 4.78 is 5.69. The van der Waals surface area contributed by atoms with Crippen LogP contribution in [0.1, 0.15) is 50.6 Å². The topological polar surface area (TPSA) is 75.6 Å². The van der Waals surface area contributed by atoms with Crippen molar-refractivity contribution in [3.8, 4) is 0 Å². The van der Waals surface area contributed by atoms with Gasteiger partial charge in [-0.05, 0) is 31.7 Å². The molecule has 0 spiro atoms. The predicted molar refractivity (Wildman–Crippen MR) is 82.4 cm³/mol. The smallest absolute Gasteiger partial charge is 0.305 e. The van der Waals surface area contributed by atoms with Crippen molar-refractivity contribution in [2.75, 3.05) is 0 Å². The molecule has 0 unspecified atom stereocenters. The molecule has 1 aliphatic heterocycles. The van der Waals surface area contributed by atoms with Crippen molar-refractivity contribution >= 4 is 11.9 Å². The van der Waals surface area contributed by atoms with Crippen molar-refractivity contribution in [3.63, 3.8) is 0 Å². The van der Waals surface area contributed by atoms with Crippen molar-refractivity contribution in [2.24, 2.45) is 0 Å². The van der Waals surface area contributed by atoms with Gasteiger partial charge in [-0.15, -0.1) is 0 Å². The van der Waals surface area contributed by atoms with Crippen molar-refractivity contribution in [2.45, 2.75) is 57.3 Å². The van der Waals surface area contributed by atoms with Gasteiger partial charge >= 0.3 is 5.97 Å². The third-order valence-corrected chi connectivity index (χ3v) is 3.93. The quantitative estimate of drug-likeness (QED) is 0.812. The van der Waals surface area contributed by atoms with E-state index in [1.54, 1.807) is 0 Å². The number of amides is 1. The lowest BCUT2D eigenvalue weighted by atomic mass is 10.0. The van der Waals surface area contributed by atoms with Crippen LogP contribution in [0.25, 0.3) is 0 Å². The molecule has 0 radical (unpaired) electrons. The first-order chi connectivity index (χ1) is 10.5. The van der Waals surface area contributed by atoms with Gasteiger partial charge in [-0.2, -0.15) is 0 Å². The van der Waals surface area contributed by atoms with E-state index in [4.69, 9.17) is 9.84 Å². The van der Waals surface area contributed by atoms with Gasteiger partial charge in [-0.3, -0.25) is 9.59 Å². The molecule has 1 aromatic rings. The molecule has 2 N–H and O–H groups in total. The van der Waals surface area contributed by atoms with Gasteiger partial charge in [0.2, 0.25) is 5.91 Å². The third kappa shape index (κ3) is 5.15. The maximum Gasteiger partial charge on any atom is 0.305 e. The number of carbonyl (C=O) groups excluding carboxylic acids is 1. The van der Waals surface area contributed by atoms with Crippen LogP contribution in [-0.2, 0) is 14.3 Å². The fourth-order valence-electron chi connectivity index (χ4n) is 2.77. The van der Waals surface area contributed by atoms with Crippen LogP contribution < -0.4 is 5.32 Å². The monoisotopic (exact) mass is 305 g/mol. The number of carbonyl (C=O) groups is 2. The molecule has 1 aliphatic rings. The highest BCUT2D eigenvalue weighted by atomic mass is 16.5. The first kappa shape index (κ1) is 16.5. The largest absolute Gasteiger partial charge is 0.481 e. The molecule has 22 heavy (non-hydrogen) atoms. The highest BCUT2D eigenvalue weighted by molar-refractivity contribution is 5.77. The van der Waals surface area contributed by atoms with Crippen LogP contribution in [0.2, 0.25) is 0 Å². The zero-order chi connectivity index (χ0) is 15.9. The van der Waals surface area contributed by atoms with Gasteiger partial charge in [0, 0.05) is 6.42 Å². The minimum atomic E-state index is -0.929. The molecule has 2 rings (SSSR count). The van der Waals surface area contributed by atoms with Gasteiger partial charge in [0.25, 0.3) is 0 Å². The molecule has 120 valence electrons. The van der Waals surface area contributed by atoms with Crippen molar-refractivity contribution in [1.82, 2.24) is 5.32 Å². The number of carboxylic acids is 1. The summed E-state index contributed by atoms with van der Waals surface area (Å²) in [5.41, 5.74) is 0.809. The zero-order valence-corrected chi connectivity index (χ0v) is 12.8. The summed E-state index contributed by atoms with van der Waals surface area (Å²) in [5, 5.41) is 11.8. The highest BCUT2D eigenvalue weighted by Crippen LogP contribution is 2.23. The zero-order valence-electron chi connectivity index (χ0n) is 12.8. The maximum absolute atomic E-state index is 12.1. The number of hydrogen-bond donors (Lipinski definition) is 2. The van der Waals surface area contributed by atoms with Crippen molar-refractivity contribution < 1.29 is 19.4 Å². The Balaban J connectivity index is 1.86. The Morgan fingerprint density at radius 1 is 1.32 bits per heavy atom. The molecule has 3 atom stereocenters. The Bertz CT molecular complexity index is 503. The number of hydrogen-bond acceptors (Lipinski definition) is 3. The van der Waals surface area contributed by atoms with E-state index in [2.05, 4.69) is 5.32 Å². The van der Waals surface area contributed by atoms with Crippen LogP contribution in [0, 0.1) is 0 Å².